The van der Waals surface area contributed by atoms with Gasteiger partial charge in [0.05, 0.1) is 48.8 Å². The number of nitrogens with one attached hydrogen (secondary N) is 4. The zero-order valence-electron chi connectivity index (χ0n) is 70.9. The third kappa shape index (κ3) is 58.2. The lowest BCUT2D eigenvalue weighted by Gasteiger charge is -2.31. The smallest absolute Gasteiger partial charge is 0.243 e. The second-order valence-electron chi connectivity index (χ2n) is 30.2. The lowest BCUT2D eigenvalue weighted by atomic mass is 10.0. The number of aliphatic hydroxyl groups is 8. The van der Waals surface area contributed by atoms with Crippen molar-refractivity contribution in [2.45, 2.75) is 334 Å². The minimum atomic E-state index is -0.589. The molecule has 0 aromatic heterocycles. The van der Waals surface area contributed by atoms with Crippen molar-refractivity contribution in [1.82, 2.24) is 40.9 Å². The molecule has 0 aromatic carbocycles. The molecule has 0 spiro atoms. The largest absolute Gasteiger partial charge is 0.391 e. The summed E-state index contributed by atoms with van der Waals surface area (Å²) in [5.41, 5.74) is 0. The summed E-state index contributed by atoms with van der Waals surface area (Å²) in [6, 6.07) is -2.31. The maximum absolute atomic E-state index is 13.1. The average molecular weight is 1570 g/mol. The van der Waals surface area contributed by atoms with E-state index >= 15 is 0 Å². The Morgan fingerprint density at radius 2 is 0.375 bits per heavy atom. The summed E-state index contributed by atoms with van der Waals surface area (Å²) >= 11 is 0. The molecule has 2 aliphatic rings. The quantitative estimate of drug-likeness (QED) is 0.0199. The van der Waals surface area contributed by atoms with Crippen molar-refractivity contribution in [1.29, 1.82) is 0 Å². The summed E-state index contributed by atoms with van der Waals surface area (Å²) in [6.45, 7) is 23.0. The molecule has 12 N–H and O–H groups in total. The Bertz CT molecular complexity index is 2430. The fraction of sp³-hybridized carbons (Fsp3) is 0.696. The molecular weight excluding hydrogens is 1410 g/mol. The van der Waals surface area contributed by atoms with Gasteiger partial charge >= 0.3 is 0 Å². The topological polar surface area (TPSA) is 291 Å². The van der Waals surface area contributed by atoms with Crippen molar-refractivity contribution in [2.24, 2.45) is 0 Å². The fourth-order valence-electron chi connectivity index (χ4n) is 13.4. The Morgan fingerprint density at radius 3 is 0.536 bits per heavy atom. The van der Waals surface area contributed by atoms with Crippen LogP contribution in [-0.4, -0.2) is 236 Å². The van der Waals surface area contributed by atoms with Gasteiger partial charge in [-0.05, 0) is 232 Å². The molecule has 0 aromatic rings. The van der Waals surface area contributed by atoms with Crippen LogP contribution in [0.15, 0.2) is 146 Å². The number of hydrogen-bond acceptors (Lipinski definition) is 16. The molecule has 12 atom stereocenters. The standard InChI is InChI=1S/C52H88N4O6.C40H72N4O6/c1-5-9-13-17-21-25-33-45(57)41-55(42-46(58)34-26-22-18-14-10-6-2)39-31-29-37-49-51(61)54-50(52(62)53-49)38-30-32-40-56(43-47(59)35-27-23-19-15-11-7-3)44-48(60)36-28-24-20-16-12-8-4;1-5-9-13-21-33(45)29-43(30-34(46)22-14-10-6-2)27-19-17-25-37-39(49)42-38(40(50)41-37)26-18-20-28-44(31-35(47)23-15-11-7-3)32-36(48)24-16-12-8-4/h9-16,21-28,45-50,57-60H,5-8,17-20,29-44H2,1-4H3,(H,53,62)(H,54,61);9-16,33-38,45-48H,5-8,17-32H2,1-4H3,(H,41,50)(H,42,49)/b13-9-,14-10-,15-11-,16-12-,25-21-,26-22-,27-23-,28-24-;13-9-,14-10-,15-11-,16-12-. The highest BCUT2D eigenvalue weighted by Gasteiger charge is 2.35. The molecule has 2 fully saturated rings. The van der Waals surface area contributed by atoms with Gasteiger partial charge in [-0.15, -0.1) is 0 Å². The van der Waals surface area contributed by atoms with Crippen molar-refractivity contribution in [3.63, 3.8) is 0 Å². The number of rotatable bonds is 68. The van der Waals surface area contributed by atoms with E-state index in [1.807, 2.05) is 72.9 Å². The van der Waals surface area contributed by atoms with Crippen LogP contribution in [-0.2, 0) is 19.2 Å². The Morgan fingerprint density at radius 1 is 0.232 bits per heavy atom. The van der Waals surface area contributed by atoms with Gasteiger partial charge in [-0.1, -0.05) is 201 Å². The van der Waals surface area contributed by atoms with Gasteiger partial charge in [0.25, 0.3) is 0 Å². The molecule has 0 aliphatic carbocycles. The molecule has 2 aliphatic heterocycles. The molecule has 20 nitrogen and oxygen atoms in total. The molecule has 112 heavy (non-hydrogen) atoms. The minimum absolute atomic E-state index is 0.157. The van der Waals surface area contributed by atoms with Crippen LogP contribution in [0, 0.1) is 0 Å². The van der Waals surface area contributed by atoms with Crippen molar-refractivity contribution in [3.05, 3.63) is 146 Å². The Labute approximate surface area is 679 Å². The van der Waals surface area contributed by atoms with Crippen molar-refractivity contribution < 1.29 is 60.0 Å². The first-order chi connectivity index (χ1) is 54.2. The number of hydrogen-bond donors (Lipinski definition) is 12. The summed E-state index contributed by atoms with van der Waals surface area (Å²) in [6.07, 6.45) is 68.8. The Balaban J connectivity index is 0.00000115. The van der Waals surface area contributed by atoms with Crippen LogP contribution in [0.1, 0.15) is 261 Å². The molecule has 2 saturated heterocycles. The van der Waals surface area contributed by atoms with Crippen molar-refractivity contribution in [2.75, 3.05) is 78.5 Å². The van der Waals surface area contributed by atoms with Gasteiger partial charge in [-0.25, -0.2) is 0 Å². The van der Waals surface area contributed by atoms with Crippen molar-refractivity contribution >= 4 is 23.6 Å². The first-order valence-corrected chi connectivity index (χ1v) is 43.6. The van der Waals surface area contributed by atoms with Crippen LogP contribution in [0.3, 0.4) is 0 Å². The number of piperazine rings is 2. The zero-order valence-corrected chi connectivity index (χ0v) is 70.9. The molecule has 12 unspecified atom stereocenters. The molecule has 0 radical (unpaired) electrons. The first kappa shape index (κ1) is 104. The summed E-state index contributed by atoms with van der Waals surface area (Å²) in [5.74, 6) is -0.641. The maximum Gasteiger partial charge on any atom is 0.243 e. The van der Waals surface area contributed by atoms with Crippen molar-refractivity contribution in [3.8, 4) is 0 Å². The molecule has 20 heteroatoms. The van der Waals surface area contributed by atoms with E-state index in [0.717, 1.165) is 116 Å². The molecular formula is C92H160N8O12. The van der Waals surface area contributed by atoms with Crippen LogP contribution in [0.4, 0.5) is 0 Å². The van der Waals surface area contributed by atoms with E-state index in [0.29, 0.717) is 168 Å². The lowest BCUT2D eigenvalue weighted by Crippen LogP contribution is -2.61. The molecule has 640 valence electrons. The second-order valence-corrected chi connectivity index (χ2v) is 30.2. The number of nitrogens with zero attached hydrogens (tertiary/aromatic N) is 4. The van der Waals surface area contributed by atoms with Gasteiger partial charge in [-0.2, -0.15) is 0 Å². The van der Waals surface area contributed by atoms with Gasteiger partial charge in [0.15, 0.2) is 0 Å². The summed E-state index contributed by atoms with van der Waals surface area (Å²) in [5, 5.41) is 97.3. The number of allylic oxidation sites excluding steroid dienone is 16. The molecule has 4 amide bonds. The second kappa shape index (κ2) is 71.8. The number of carbonyl (C=O) groups excluding carboxylic acids is 4. The SMILES string of the molecule is CC/C=C\C/C=C\CC(O)CN(CCCCC1NC(=O)C(CCCCN(CC(O)C/C=C\C/C=C\CC)CC(O)C/C=C\C/C=C\CC)NC1=O)CC(O)C/C=C\C/C=C\CC.CC/C=C\CC(O)CN(CCCCC1NC(=O)C(CCCCN(CC(O)C/C=C\CC)CC(O)C/C=C\CC)NC1=O)CC(O)C/C=C\CC. The van der Waals surface area contributed by atoms with E-state index in [9.17, 15) is 60.0 Å². The Kier molecular flexibility index (Phi) is 66.8. The molecule has 2 rings (SSSR count). The summed E-state index contributed by atoms with van der Waals surface area (Å²) < 4.78 is 0. The predicted octanol–water partition coefficient (Wildman–Crippen LogP) is 13.4. The first-order valence-electron chi connectivity index (χ1n) is 43.6. The normalized spacial score (nSPS) is 19.2. The summed E-state index contributed by atoms with van der Waals surface area (Å²) in [7, 11) is 0. The highest BCUT2D eigenvalue weighted by molar-refractivity contribution is 5.97. The summed E-state index contributed by atoms with van der Waals surface area (Å²) in [4.78, 5) is 60.5. The van der Waals surface area contributed by atoms with Crippen LogP contribution in [0.2, 0.25) is 0 Å². The van der Waals surface area contributed by atoms with E-state index < -0.39 is 73.0 Å². The van der Waals surface area contributed by atoms with Gasteiger partial charge in [0, 0.05) is 52.4 Å². The molecule has 0 bridgehead atoms. The predicted molar refractivity (Wildman–Crippen MR) is 464 cm³/mol. The molecule has 0 saturated carbocycles. The van der Waals surface area contributed by atoms with E-state index in [-0.39, 0.29) is 23.6 Å². The van der Waals surface area contributed by atoms with E-state index in [1.165, 1.54) is 0 Å². The zero-order chi connectivity index (χ0) is 82.5. The van der Waals surface area contributed by atoms with Gasteiger partial charge in [0.1, 0.15) is 24.2 Å². The third-order valence-electron chi connectivity index (χ3n) is 19.4. The Hall–Kier alpha value is -5.72. The van der Waals surface area contributed by atoms with E-state index in [1.54, 1.807) is 0 Å². The highest BCUT2D eigenvalue weighted by Crippen LogP contribution is 2.18. The maximum atomic E-state index is 13.1. The molecule has 2 heterocycles. The van der Waals surface area contributed by atoms with E-state index in [4.69, 9.17) is 0 Å². The fourth-order valence-corrected chi connectivity index (χ4v) is 13.4. The minimum Gasteiger partial charge on any atom is -0.391 e. The van der Waals surface area contributed by atoms with Crippen LogP contribution in [0.25, 0.3) is 0 Å². The van der Waals surface area contributed by atoms with Gasteiger partial charge in [-0.3, -0.25) is 38.8 Å². The number of unbranched alkanes of at least 4 members (excludes halogenated alkanes) is 4. The van der Waals surface area contributed by atoms with Crippen LogP contribution < -0.4 is 21.3 Å². The number of carbonyl (C=O) groups is 4. The average Bonchev–Trinajstić information content (AvgIpc) is 0.850. The highest BCUT2D eigenvalue weighted by atomic mass is 16.3. The lowest BCUT2D eigenvalue weighted by molar-refractivity contribution is -0.137. The third-order valence-corrected chi connectivity index (χ3v) is 19.4. The number of aliphatic hydroxyl groups excluding tert-OH is 8. The van der Waals surface area contributed by atoms with E-state index in [2.05, 4.69) is 169 Å². The van der Waals surface area contributed by atoms with Gasteiger partial charge < -0.3 is 62.1 Å². The number of amides is 4. The van der Waals surface area contributed by atoms with Crippen LogP contribution in [0.5, 0.6) is 0 Å². The van der Waals surface area contributed by atoms with Crippen LogP contribution >= 0.6 is 0 Å². The van der Waals surface area contributed by atoms with Gasteiger partial charge in [0.2, 0.25) is 23.6 Å². The monoisotopic (exact) mass is 1570 g/mol.